The molecular weight excluding hydrogens is 216 g/mol. The van der Waals surface area contributed by atoms with Crippen LogP contribution in [-0.4, -0.2) is 0 Å². The maximum Gasteiger partial charge on any atom is 0.00185 e. The third-order valence-electron chi connectivity index (χ3n) is 3.82. The van der Waals surface area contributed by atoms with E-state index in [1.54, 1.807) is 0 Å². The zero-order valence-corrected chi connectivity index (χ0v) is 10.5. The molecule has 0 aliphatic heterocycles. The van der Waals surface area contributed by atoms with Gasteiger partial charge in [-0.2, -0.15) is 0 Å². The molecule has 18 heavy (non-hydrogen) atoms. The molecule has 0 N–H and O–H groups in total. The number of hydrogen-bond donors (Lipinski definition) is 0. The van der Waals surface area contributed by atoms with E-state index in [1.807, 2.05) is 0 Å². The summed E-state index contributed by atoms with van der Waals surface area (Å²) in [6.07, 6.45) is 7.27. The van der Waals surface area contributed by atoms with E-state index in [-0.39, 0.29) is 0 Å². The second-order valence-electron chi connectivity index (χ2n) is 5.00. The van der Waals surface area contributed by atoms with Gasteiger partial charge < -0.3 is 0 Å². The van der Waals surface area contributed by atoms with Crippen LogP contribution in [0.3, 0.4) is 0 Å². The largest absolute Gasteiger partial charge is 0.0804 e. The molecule has 3 rings (SSSR count). The lowest BCUT2D eigenvalue weighted by Crippen LogP contribution is -2.06. The molecule has 0 radical (unpaired) electrons. The van der Waals surface area contributed by atoms with Gasteiger partial charge >= 0.3 is 0 Å². The molecule has 1 aliphatic carbocycles. The Bertz CT molecular complexity index is 461. The fourth-order valence-electron chi connectivity index (χ4n) is 2.78. The Morgan fingerprint density at radius 2 is 0.944 bits per heavy atom. The topological polar surface area (TPSA) is 0 Å². The van der Waals surface area contributed by atoms with Crippen molar-refractivity contribution >= 4 is 0 Å². The van der Waals surface area contributed by atoms with Crippen molar-refractivity contribution in [2.75, 3.05) is 0 Å². The summed E-state index contributed by atoms with van der Waals surface area (Å²) in [5.41, 5.74) is 2.89. The van der Waals surface area contributed by atoms with Crippen LogP contribution < -0.4 is 0 Å². The number of hydrogen-bond acceptors (Lipinski definition) is 0. The lowest BCUT2D eigenvalue weighted by atomic mass is 9.82. The van der Waals surface area contributed by atoms with Crippen LogP contribution >= 0.6 is 0 Å². The third-order valence-corrected chi connectivity index (χ3v) is 3.82. The van der Waals surface area contributed by atoms with E-state index in [2.05, 4.69) is 72.8 Å². The van der Waals surface area contributed by atoms with Crippen molar-refractivity contribution in [3.05, 3.63) is 83.9 Å². The zero-order valence-electron chi connectivity index (χ0n) is 10.5. The van der Waals surface area contributed by atoms with E-state index in [1.165, 1.54) is 24.0 Å². The normalized spacial score (nSPS) is 22.9. The summed E-state index contributed by atoms with van der Waals surface area (Å²) in [5, 5.41) is 0. The van der Waals surface area contributed by atoms with Crippen LogP contribution in [0.1, 0.15) is 35.8 Å². The van der Waals surface area contributed by atoms with Crippen molar-refractivity contribution in [1.29, 1.82) is 0 Å². The molecule has 0 spiro atoms. The van der Waals surface area contributed by atoms with Crippen LogP contribution in [0.4, 0.5) is 0 Å². The molecule has 0 amide bonds. The molecule has 2 aromatic carbocycles. The summed E-state index contributed by atoms with van der Waals surface area (Å²) >= 11 is 0. The maximum atomic E-state index is 2.39. The van der Waals surface area contributed by atoms with Gasteiger partial charge in [-0.25, -0.2) is 0 Å². The van der Waals surface area contributed by atoms with E-state index in [0.29, 0.717) is 11.8 Å². The monoisotopic (exact) mass is 234 g/mol. The molecule has 90 valence electrons. The smallest absolute Gasteiger partial charge is 0.00185 e. The Morgan fingerprint density at radius 3 is 1.28 bits per heavy atom. The number of rotatable bonds is 2. The minimum Gasteiger partial charge on any atom is -0.0804 e. The predicted molar refractivity (Wildman–Crippen MR) is 76.7 cm³/mol. The van der Waals surface area contributed by atoms with Gasteiger partial charge in [-0.1, -0.05) is 72.8 Å². The summed E-state index contributed by atoms with van der Waals surface area (Å²) in [6.45, 7) is 0. The van der Waals surface area contributed by atoms with Gasteiger partial charge in [0.2, 0.25) is 0 Å². The van der Waals surface area contributed by atoms with Gasteiger partial charge in [-0.3, -0.25) is 0 Å². The summed E-state index contributed by atoms with van der Waals surface area (Å²) in [4.78, 5) is 0. The Balaban J connectivity index is 1.76. The number of allylic oxidation sites excluding steroid dienone is 2. The van der Waals surface area contributed by atoms with Gasteiger partial charge in [-0.05, 0) is 24.0 Å². The van der Waals surface area contributed by atoms with Gasteiger partial charge in [0.15, 0.2) is 0 Å². The first-order chi connectivity index (χ1) is 8.93. The summed E-state index contributed by atoms with van der Waals surface area (Å²) in [5.74, 6) is 1.21. The second kappa shape index (κ2) is 5.22. The van der Waals surface area contributed by atoms with Crippen LogP contribution in [0.15, 0.2) is 72.8 Å². The van der Waals surface area contributed by atoms with Crippen LogP contribution in [-0.2, 0) is 0 Å². The minimum absolute atomic E-state index is 0.603. The quantitative estimate of drug-likeness (QED) is 0.648. The van der Waals surface area contributed by atoms with Crippen molar-refractivity contribution < 1.29 is 0 Å². The minimum atomic E-state index is 0.603. The summed E-state index contributed by atoms with van der Waals surface area (Å²) in [6, 6.07) is 21.6. The van der Waals surface area contributed by atoms with E-state index in [4.69, 9.17) is 0 Å². The SMILES string of the molecule is C1=CC(c2ccccc2)CCC1c1ccccc1. The Hall–Kier alpha value is -1.82. The van der Waals surface area contributed by atoms with Crippen molar-refractivity contribution in [2.24, 2.45) is 0 Å². The van der Waals surface area contributed by atoms with Crippen LogP contribution in [0.5, 0.6) is 0 Å². The average molecular weight is 234 g/mol. The molecule has 2 aromatic rings. The van der Waals surface area contributed by atoms with Crippen molar-refractivity contribution in [3.63, 3.8) is 0 Å². The first kappa shape index (κ1) is 11.3. The molecular formula is C18H18. The van der Waals surface area contributed by atoms with E-state index in [0.717, 1.165) is 0 Å². The first-order valence-corrected chi connectivity index (χ1v) is 6.72. The van der Waals surface area contributed by atoms with Crippen molar-refractivity contribution in [3.8, 4) is 0 Å². The number of benzene rings is 2. The fourth-order valence-corrected chi connectivity index (χ4v) is 2.78. The molecule has 0 saturated carbocycles. The molecule has 2 unspecified atom stereocenters. The first-order valence-electron chi connectivity index (χ1n) is 6.72. The lowest BCUT2D eigenvalue weighted by Gasteiger charge is -2.23. The van der Waals surface area contributed by atoms with E-state index < -0.39 is 0 Å². The summed E-state index contributed by atoms with van der Waals surface area (Å²) in [7, 11) is 0. The van der Waals surface area contributed by atoms with Crippen molar-refractivity contribution in [1.82, 2.24) is 0 Å². The Morgan fingerprint density at radius 1 is 0.556 bits per heavy atom. The molecule has 0 aromatic heterocycles. The van der Waals surface area contributed by atoms with Gasteiger partial charge in [0.1, 0.15) is 0 Å². The molecule has 0 heterocycles. The van der Waals surface area contributed by atoms with E-state index >= 15 is 0 Å². The molecule has 0 heteroatoms. The third kappa shape index (κ3) is 2.38. The molecule has 0 nitrogen and oxygen atoms in total. The Labute approximate surface area is 109 Å². The van der Waals surface area contributed by atoms with Crippen LogP contribution in [0.25, 0.3) is 0 Å². The summed E-state index contributed by atoms with van der Waals surface area (Å²) < 4.78 is 0. The molecule has 1 aliphatic rings. The fraction of sp³-hybridized carbons (Fsp3) is 0.222. The van der Waals surface area contributed by atoms with E-state index in [9.17, 15) is 0 Å². The molecule has 0 bridgehead atoms. The predicted octanol–water partition coefficient (Wildman–Crippen LogP) is 4.90. The Kier molecular flexibility index (Phi) is 3.27. The van der Waals surface area contributed by atoms with Crippen LogP contribution in [0.2, 0.25) is 0 Å². The lowest BCUT2D eigenvalue weighted by molar-refractivity contribution is 0.601. The highest BCUT2D eigenvalue weighted by atomic mass is 14.2. The van der Waals surface area contributed by atoms with Crippen LogP contribution in [0, 0.1) is 0 Å². The maximum absolute atomic E-state index is 2.39. The molecule has 0 fully saturated rings. The van der Waals surface area contributed by atoms with Gasteiger partial charge in [-0.15, -0.1) is 0 Å². The van der Waals surface area contributed by atoms with Gasteiger partial charge in [0.05, 0.1) is 0 Å². The highest BCUT2D eigenvalue weighted by Crippen LogP contribution is 2.34. The second-order valence-corrected chi connectivity index (χ2v) is 5.00. The highest BCUT2D eigenvalue weighted by Gasteiger charge is 2.17. The van der Waals surface area contributed by atoms with Gasteiger partial charge in [0.25, 0.3) is 0 Å². The average Bonchev–Trinajstić information content (AvgIpc) is 2.49. The highest BCUT2D eigenvalue weighted by molar-refractivity contribution is 5.30. The molecule has 0 saturated heterocycles. The van der Waals surface area contributed by atoms with Gasteiger partial charge in [0, 0.05) is 11.8 Å². The zero-order chi connectivity index (χ0) is 12.2. The molecule has 2 atom stereocenters. The standard InChI is InChI=1S/C18H18/c1-3-7-15(8-4-1)17-11-13-18(14-12-17)16-9-5-2-6-10-16/h1-11,13,17-18H,12,14H2. The van der Waals surface area contributed by atoms with Crippen molar-refractivity contribution in [2.45, 2.75) is 24.7 Å².